The van der Waals surface area contributed by atoms with Gasteiger partial charge in [-0.25, -0.2) is 4.98 Å². The van der Waals surface area contributed by atoms with Gasteiger partial charge in [-0.05, 0) is 42.7 Å². The Hall–Kier alpha value is -2.33. The van der Waals surface area contributed by atoms with Crippen LogP contribution in [0.3, 0.4) is 0 Å². The van der Waals surface area contributed by atoms with Crippen molar-refractivity contribution in [2.24, 2.45) is 0 Å². The number of fused-ring (bicyclic) bond motifs is 1. The minimum atomic E-state index is 0.0814. The summed E-state index contributed by atoms with van der Waals surface area (Å²) < 4.78 is 2.05. The number of aryl methyl sites for hydroxylation is 1. The first kappa shape index (κ1) is 16.5. The molecule has 5 heteroatoms. The summed E-state index contributed by atoms with van der Waals surface area (Å²) in [6, 6.07) is 13.8. The van der Waals surface area contributed by atoms with Gasteiger partial charge in [0.15, 0.2) is 0 Å². The number of carbonyl (C=O) groups is 1. The number of hydrogen-bond acceptors (Lipinski definition) is 2. The summed E-state index contributed by atoms with van der Waals surface area (Å²) in [6.07, 6.45) is 6.76. The first-order chi connectivity index (χ1) is 11.7. The van der Waals surface area contributed by atoms with Crippen LogP contribution >= 0.6 is 11.6 Å². The van der Waals surface area contributed by atoms with Crippen LogP contribution in [0, 0.1) is 0 Å². The zero-order valence-electron chi connectivity index (χ0n) is 13.4. The molecule has 0 fully saturated rings. The predicted octanol–water partition coefficient (Wildman–Crippen LogP) is 3.67. The highest BCUT2D eigenvalue weighted by Crippen LogP contribution is 2.12. The van der Waals surface area contributed by atoms with Crippen LogP contribution in [0.15, 0.2) is 54.9 Å². The molecule has 0 saturated heterocycles. The van der Waals surface area contributed by atoms with Gasteiger partial charge in [-0.3, -0.25) is 4.79 Å². The van der Waals surface area contributed by atoms with Crippen LogP contribution in [0.5, 0.6) is 0 Å². The van der Waals surface area contributed by atoms with E-state index in [1.54, 1.807) is 0 Å². The van der Waals surface area contributed by atoms with E-state index in [0.29, 0.717) is 13.0 Å². The van der Waals surface area contributed by atoms with Gasteiger partial charge in [-0.2, -0.15) is 0 Å². The lowest BCUT2D eigenvalue weighted by Crippen LogP contribution is -2.26. The number of aromatic nitrogens is 2. The normalized spacial score (nSPS) is 10.9. The lowest BCUT2D eigenvalue weighted by molar-refractivity contribution is -0.121. The second kappa shape index (κ2) is 7.97. The summed E-state index contributed by atoms with van der Waals surface area (Å²) >= 11 is 5.96. The predicted molar refractivity (Wildman–Crippen MR) is 96.3 cm³/mol. The third kappa shape index (κ3) is 4.36. The van der Waals surface area contributed by atoms with Crippen molar-refractivity contribution in [1.82, 2.24) is 14.7 Å². The van der Waals surface area contributed by atoms with Crippen molar-refractivity contribution in [3.63, 3.8) is 0 Å². The van der Waals surface area contributed by atoms with Crippen molar-refractivity contribution in [2.45, 2.75) is 25.7 Å². The molecule has 0 unspecified atom stereocenters. The molecule has 0 aliphatic rings. The van der Waals surface area contributed by atoms with E-state index >= 15 is 0 Å². The molecule has 24 heavy (non-hydrogen) atoms. The third-order valence-electron chi connectivity index (χ3n) is 3.94. The average molecular weight is 342 g/mol. The fourth-order valence-corrected chi connectivity index (χ4v) is 2.94. The molecule has 2 aromatic heterocycles. The van der Waals surface area contributed by atoms with Crippen molar-refractivity contribution in [1.29, 1.82) is 0 Å². The lowest BCUT2D eigenvalue weighted by atomic mass is 10.1. The van der Waals surface area contributed by atoms with Crippen LogP contribution in [-0.2, 0) is 17.6 Å². The number of hydrogen-bond donors (Lipinski definition) is 1. The zero-order chi connectivity index (χ0) is 16.8. The van der Waals surface area contributed by atoms with Gasteiger partial charge in [-0.15, -0.1) is 0 Å². The van der Waals surface area contributed by atoms with Gasteiger partial charge >= 0.3 is 0 Å². The molecule has 0 bridgehead atoms. The van der Waals surface area contributed by atoms with Crippen molar-refractivity contribution in [3.05, 3.63) is 71.3 Å². The van der Waals surface area contributed by atoms with Crippen molar-refractivity contribution in [2.75, 3.05) is 6.54 Å². The number of nitrogens with one attached hydrogen (secondary N) is 1. The SMILES string of the molecule is O=C(CCCc1cccc(Cl)c1)NCCc1ncc2ccccn12. The molecular weight excluding hydrogens is 322 g/mol. The fourth-order valence-electron chi connectivity index (χ4n) is 2.73. The quantitative estimate of drug-likeness (QED) is 0.712. The second-order valence-electron chi connectivity index (χ2n) is 5.75. The van der Waals surface area contributed by atoms with Crippen LogP contribution in [0.25, 0.3) is 5.52 Å². The summed E-state index contributed by atoms with van der Waals surface area (Å²) in [7, 11) is 0. The molecule has 0 atom stereocenters. The molecule has 0 saturated carbocycles. The molecule has 0 radical (unpaired) electrons. The van der Waals surface area contributed by atoms with E-state index in [1.807, 2.05) is 59.3 Å². The first-order valence-electron chi connectivity index (χ1n) is 8.14. The molecule has 1 amide bonds. The summed E-state index contributed by atoms with van der Waals surface area (Å²) in [5.74, 6) is 1.04. The summed E-state index contributed by atoms with van der Waals surface area (Å²) in [5.41, 5.74) is 2.24. The number of nitrogens with zero attached hydrogens (tertiary/aromatic N) is 2. The molecule has 124 valence electrons. The molecule has 1 N–H and O–H groups in total. The Kier molecular flexibility index (Phi) is 5.49. The van der Waals surface area contributed by atoms with Crippen LogP contribution in [0.4, 0.5) is 0 Å². The van der Waals surface area contributed by atoms with Gasteiger partial charge in [0.1, 0.15) is 5.82 Å². The fraction of sp³-hybridized carbons (Fsp3) is 0.263. The smallest absolute Gasteiger partial charge is 0.220 e. The van der Waals surface area contributed by atoms with Gasteiger partial charge in [0.25, 0.3) is 0 Å². The van der Waals surface area contributed by atoms with E-state index in [-0.39, 0.29) is 5.91 Å². The molecule has 2 heterocycles. The van der Waals surface area contributed by atoms with E-state index in [0.717, 1.165) is 35.6 Å². The van der Waals surface area contributed by atoms with Crippen molar-refractivity contribution < 1.29 is 4.79 Å². The van der Waals surface area contributed by atoms with Crippen LogP contribution in [0.1, 0.15) is 24.2 Å². The Bertz CT molecular complexity index is 828. The van der Waals surface area contributed by atoms with Gasteiger partial charge in [0.2, 0.25) is 5.91 Å². The monoisotopic (exact) mass is 341 g/mol. The van der Waals surface area contributed by atoms with Crippen molar-refractivity contribution >= 4 is 23.0 Å². The van der Waals surface area contributed by atoms with Gasteiger partial charge in [0, 0.05) is 30.6 Å². The highest BCUT2D eigenvalue weighted by atomic mass is 35.5. The van der Waals surface area contributed by atoms with Gasteiger partial charge in [-0.1, -0.05) is 29.8 Å². The maximum Gasteiger partial charge on any atom is 0.220 e. The summed E-state index contributed by atoms with van der Waals surface area (Å²) in [5, 5.41) is 3.70. The van der Waals surface area contributed by atoms with E-state index in [9.17, 15) is 4.79 Å². The number of pyridine rings is 1. The van der Waals surface area contributed by atoms with Crippen LogP contribution in [-0.4, -0.2) is 21.8 Å². The molecule has 3 aromatic rings. The lowest BCUT2D eigenvalue weighted by Gasteiger charge is -2.06. The Labute approximate surface area is 146 Å². The highest BCUT2D eigenvalue weighted by Gasteiger charge is 2.05. The number of benzene rings is 1. The largest absolute Gasteiger partial charge is 0.356 e. The molecule has 3 rings (SSSR count). The first-order valence-corrected chi connectivity index (χ1v) is 8.52. The van der Waals surface area contributed by atoms with E-state index in [1.165, 1.54) is 5.56 Å². The minimum absolute atomic E-state index is 0.0814. The maximum atomic E-state index is 11.9. The molecule has 0 spiro atoms. The number of rotatable bonds is 7. The maximum absolute atomic E-state index is 11.9. The zero-order valence-corrected chi connectivity index (χ0v) is 14.2. The Morgan fingerprint density at radius 2 is 2.08 bits per heavy atom. The Balaban J connectivity index is 1.40. The van der Waals surface area contributed by atoms with Crippen molar-refractivity contribution in [3.8, 4) is 0 Å². The third-order valence-corrected chi connectivity index (χ3v) is 4.18. The number of carbonyl (C=O) groups excluding carboxylic acids is 1. The second-order valence-corrected chi connectivity index (χ2v) is 6.19. The highest BCUT2D eigenvalue weighted by molar-refractivity contribution is 6.30. The van der Waals surface area contributed by atoms with Gasteiger partial charge < -0.3 is 9.72 Å². The molecule has 4 nitrogen and oxygen atoms in total. The number of amides is 1. The molecule has 1 aromatic carbocycles. The number of halogens is 1. The van der Waals surface area contributed by atoms with Gasteiger partial charge in [0.05, 0.1) is 11.7 Å². The standard InChI is InChI=1S/C19H20ClN3O/c20-16-7-3-5-15(13-16)6-4-9-19(24)21-11-10-18-22-14-17-8-1-2-12-23(17)18/h1-3,5,7-8,12-14H,4,6,9-11H2,(H,21,24). The van der Waals surface area contributed by atoms with Crippen LogP contribution < -0.4 is 5.32 Å². The Morgan fingerprint density at radius 1 is 1.17 bits per heavy atom. The van der Waals surface area contributed by atoms with E-state index in [4.69, 9.17) is 11.6 Å². The summed E-state index contributed by atoms with van der Waals surface area (Å²) in [4.78, 5) is 16.3. The van der Waals surface area contributed by atoms with E-state index in [2.05, 4.69) is 10.3 Å². The topological polar surface area (TPSA) is 46.4 Å². The molecule has 0 aliphatic carbocycles. The minimum Gasteiger partial charge on any atom is -0.356 e. The van der Waals surface area contributed by atoms with Crippen LogP contribution in [0.2, 0.25) is 5.02 Å². The molecule has 0 aliphatic heterocycles. The summed E-state index contributed by atoms with van der Waals surface area (Å²) in [6.45, 7) is 0.601. The Morgan fingerprint density at radius 3 is 2.96 bits per heavy atom. The average Bonchev–Trinajstić information content (AvgIpc) is 2.98. The number of imidazole rings is 1. The van der Waals surface area contributed by atoms with E-state index < -0.39 is 0 Å². The molecular formula is C19H20ClN3O.